The van der Waals surface area contributed by atoms with Gasteiger partial charge in [0.1, 0.15) is 28.8 Å². The number of aromatic nitrogens is 2. The lowest BCUT2D eigenvalue weighted by molar-refractivity contribution is 0.101. The van der Waals surface area contributed by atoms with E-state index in [9.17, 15) is 18.4 Å². The third kappa shape index (κ3) is 3.63. The van der Waals surface area contributed by atoms with Crippen molar-refractivity contribution in [3.63, 3.8) is 0 Å². The van der Waals surface area contributed by atoms with Crippen LogP contribution in [0.15, 0.2) is 65.5 Å². The average Bonchev–Trinajstić information content (AvgIpc) is 2.74. The minimum Gasteiger partial charge on any atom is -0.494 e. The largest absolute Gasteiger partial charge is 0.494 e. The number of aryl methyl sites for hydroxylation is 1. The Balaban J connectivity index is 1.75. The Kier molecular flexibility index (Phi) is 5.21. The zero-order valence-corrected chi connectivity index (χ0v) is 16.6. The van der Waals surface area contributed by atoms with Gasteiger partial charge in [0.15, 0.2) is 0 Å². The monoisotopic (exact) mass is 421 g/mol. The number of nitrogens with zero attached hydrogens (tertiary/aromatic N) is 2. The number of methoxy groups -OCH3 is 1. The Morgan fingerprint density at radius 2 is 1.74 bits per heavy atom. The second kappa shape index (κ2) is 7.98. The van der Waals surface area contributed by atoms with Crippen molar-refractivity contribution >= 4 is 22.5 Å². The number of anilines is 1. The van der Waals surface area contributed by atoms with Crippen molar-refractivity contribution in [2.75, 3.05) is 12.4 Å². The molecule has 156 valence electrons. The second-order valence-electron chi connectivity index (χ2n) is 6.75. The highest BCUT2D eigenvalue weighted by atomic mass is 19.1. The summed E-state index contributed by atoms with van der Waals surface area (Å²) in [5.41, 5.74) is 0.296. The van der Waals surface area contributed by atoms with Crippen LogP contribution in [-0.2, 0) is 0 Å². The van der Waals surface area contributed by atoms with Crippen LogP contribution in [0.2, 0.25) is 0 Å². The Morgan fingerprint density at radius 1 is 1.03 bits per heavy atom. The van der Waals surface area contributed by atoms with Crippen LogP contribution < -0.4 is 15.6 Å². The van der Waals surface area contributed by atoms with Crippen LogP contribution in [0, 0.1) is 18.6 Å². The molecular formula is C23H17F2N3O3. The van der Waals surface area contributed by atoms with Gasteiger partial charge >= 0.3 is 0 Å². The van der Waals surface area contributed by atoms with Crippen LogP contribution >= 0.6 is 0 Å². The normalized spacial score (nSPS) is 10.8. The lowest BCUT2D eigenvalue weighted by Gasteiger charge is -2.15. The number of hydrogen-bond acceptors (Lipinski definition) is 4. The van der Waals surface area contributed by atoms with Crippen LogP contribution in [0.25, 0.3) is 16.6 Å². The number of nitrogens with one attached hydrogen (secondary N) is 1. The molecule has 31 heavy (non-hydrogen) atoms. The Labute approximate surface area is 175 Å². The zero-order chi connectivity index (χ0) is 22.1. The molecule has 1 amide bonds. The molecule has 3 aromatic carbocycles. The lowest BCUT2D eigenvalue weighted by atomic mass is 10.1. The molecule has 4 rings (SSSR count). The molecule has 0 radical (unpaired) electrons. The number of benzene rings is 3. The van der Waals surface area contributed by atoms with E-state index in [0.29, 0.717) is 22.4 Å². The summed E-state index contributed by atoms with van der Waals surface area (Å²) in [5.74, 6) is -2.23. The molecule has 0 aliphatic carbocycles. The highest BCUT2D eigenvalue weighted by Gasteiger charge is 2.19. The van der Waals surface area contributed by atoms with Crippen LogP contribution in [0.5, 0.6) is 5.75 Å². The van der Waals surface area contributed by atoms with Crippen LogP contribution in [0.3, 0.4) is 0 Å². The number of amides is 1. The maximum Gasteiger partial charge on any atom is 0.265 e. The lowest BCUT2D eigenvalue weighted by Crippen LogP contribution is -2.22. The number of hydrogen-bond donors (Lipinski definition) is 1. The quantitative estimate of drug-likeness (QED) is 0.535. The first kappa shape index (κ1) is 20.2. The van der Waals surface area contributed by atoms with E-state index < -0.39 is 23.1 Å². The van der Waals surface area contributed by atoms with E-state index in [-0.39, 0.29) is 17.0 Å². The van der Waals surface area contributed by atoms with Gasteiger partial charge in [0.2, 0.25) is 0 Å². The van der Waals surface area contributed by atoms with Crippen LogP contribution in [0.4, 0.5) is 14.5 Å². The van der Waals surface area contributed by atoms with Gasteiger partial charge in [-0.2, -0.15) is 0 Å². The summed E-state index contributed by atoms with van der Waals surface area (Å²) in [6.45, 7) is 1.71. The van der Waals surface area contributed by atoms with Crippen molar-refractivity contribution in [3.05, 3.63) is 94.0 Å². The molecule has 0 atom stereocenters. The molecule has 0 spiro atoms. The van der Waals surface area contributed by atoms with Crippen LogP contribution in [0.1, 0.15) is 16.2 Å². The Bertz CT molecular complexity index is 1360. The number of fused-ring (bicyclic) bond motifs is 1. The molecule has 1 N–H and O–H groups in total. The molecule has 0 fully saturated rings. The maximum absolute atomic E-state index is 13.9. The van der Waals surface area contributed by atoms with Crippen LogP contribution in [-0.4, -0.2) is 22.6 Å². The summed E-state index contributed by atoms with van der Waals surface area (Å²) in [4.78, 5) is 29.9. The van der Waals surface area contributed by atoms with Gasteiger partial charge < -0.3 is 10.1 Å². The van der Waals surface area contributed by atoms with Gasteiger partial charge in [-0.05, 0) is 43.3 Å². The molecule has 0 saturated heterocycles. The molecule has 4 aromatic rings. The van der Waals surface area contributed by atoms with Gasteiger partial charge in [-0.1, -0.05) is 18.2 Å². The molecule has 8 heteroatoms. The fraction of sp³-hybridized carbons (Fsp3) is 0.0870. The SMILES string of the molecule is COc1cc(-n2c(C)nc3ccccc3c2=O)ccc1NC(=O)c1c(F)cccc1F. The summed E-state index contributed by atoms with van der Waals surface area (Å²) in [7, 11) is 1.38. The number of rotatable bonds is 4. The molecule has 0 aliphatic rings. The van der Waals surface area contributed by atoms with E-state index >= 15 is 0 Å². The first-order valence-electron chi connectivity index (χ1n) is 9.33. The highest BCUT2D eigenvalue weighted by Crippen LogP contribution is 2.28. The molecule has 1 aromatic heterocycles. The summed E-state index contributed by atoms with van der Waals surface area (Å²) < 4.78 is 34.6. The molecular weight excluding hydrogens is 404 g/mol. The predicted molar refractivity (Wildman–Crippen MR) is 113 cm³/mol. The summed E-state index contributed by atoms with van der Waals surface area (Å²) >= 11 is 0. The van der Waals surface area contributed by atoms with Crippen molar-refractivity contribution < 1.29 is 18.3 Å². The number of ether oxygens (including phenoxy) is 1. The average molecular weight is 421 g/mol. The van der Waals surface area contributed by atoms with Gasteiger partial charge in [-0.3, -0.25) is 14.2 Å². The van der Waals surface area contributed by atoms with Gasteiger partial charge in [0, 0.05) is 6.07 Å². The van der Waals surface area contributed by atoms with Crippen molar-refractivity contribution in [2.24, 2.45) is 0 Å². The maximum atomic E-state index is 13.9. The number of carbonyl (C=O) groups is 1. The summed E-state index contributed by atoms with van der Waals surface area (Å²) in [5, 5.41) is 2.91. The van der Waals surface area contributed by atoms with Gasteiger partial charge in [0.05, 0.1) is 29.4 Å². The van der Waals surface area contributed by atoms with E-state index in [2.05, 4.69) is 10.3 Å². The first-order valence-corrected chi connectivity index (χ1v) is 9.33. The highest BCUT2D eigenvalue weighted by molar-refractivity contribution is 6.05. The predicted octanol–water partition coefficient (Wildman–Crippen LogP) is 4.23. The molecule has 0 unspecified atom stereocenters. The number of para-hydroxylation sites is 1. The molecule has 0 bridgehead atoms. The minimum absolute atomic E-state index is 0.193. The molecule has 6 nitrogen and oxygen atoms in total. The minimum atomic E-state index is -0.975. The molecule has 1 heterocycles. The van der Waals surface area contributed by atoms with E-state index in [1.807, 2.05) is 0 Å². The van der Waals surface area contributed by atoms with E-state index in [1.54, 1.807) is 37.3 Å². The second-order valence-corrected chi connectivity index (χ2v) is 6.75. The number of carbonyl (C=O) groups excluding carboxylic acids is 1. The van der Waals surface area contributed by atoms with Gasteiger partial charge in [0.25, 0.3) is 11.5 Å². The fourth-order valence-electron chi connectivity index (χ4n) is 3.37. The molecule has 0 saturated carbocycles. The third-order valence-corrected chi connectivity index (χ3v) is 4.82. The Hall–Kier alpha value is -4.07. The first-order chi connectivity index (χ1) is 14.9. The molecule has 0 aliphatic heterocycles. The van der Waals surface area contributed by atoms with Gasteiger partial charge in [-0.15, -0.1) is 0 Å². The summed E-state index contributed by atoms with van der Waals surface area (Å²) in [6, 6.07) is 14.8. The van der Waals surface area contributed by atoms with Crippen molar-refractivity contribution in [3.8, 4) is 11.4 Å². The third-order valence-electron chi connectivity index (χ3n) is 4.82. The number of halogens is 2. The zero-order valence-electron chi connectivity index (χ0n) is 16.6. The van der Waals surface area contributed by atoms with Crippen molar-refractivity contribution in [1.82, 2.24) is 9.55 Å². The smallest absolute Gasteiger partial charge is 0.265 e. The van der Waals surface area contributed by atoms with Gasteiger partial charge in [-0.25, -0.2) is 13.8 Å². The van der Waals surface area contributed by atoms with E-state index in [0.717, 1.165) is 12.1 Å². The summed E-state index contributed by atoms with van der Waals surface area (Å²) in [6.07, 6.45) is 0. The van der Waals surface area contributed by atoms with E-state index in [1.165, 1.54) is 29.9 Å². The standard InChI is InChI=1S/C23H17F2N3O3/c1-13-26-18-9-4-3-6-15(18)23(30)28(13)14-10-11-19(20(12-14)31-2)27-22(29)21-16(24)7-5-8-17(21)25/h3-12H,1-2H3,(H,27,29). The Morgan fingerprint density at radius 3 is 2.45 bits per heavy atom. The van der Waals surface area contributed by atoms with E-state index in [4.69, 9.17) is 4.74 Å². The fourth-order valence-corrected chi connectivity index (χ4v) is 3.37. The van der Waals surface area contributed by atoms with Crippen molar-refractivity contribution in [1.29, 1.82) is 0 Å². The topological polar surface area (TPSA) is 73.2 Å². The van der Waals surface area contributed by atoms with Crippen molar-refractivity contribution in [2.45, 2.75) is 6.92 Å².